The van der Waals surface area contributed by atoms with Crippen LogP contribution in [0.5, 0.6) is 0 Å². The van der Waals surface area contributed by atoms with Crippen molar-refractivity contribution in [1.82, 2.24) is 15.6 Å². The Morgan fingerprint density at radius 3 is 2.81 bits per heavy atom. The van der Waals surface area contributed by atoms with E-state index in [0.717, 1.165) is 29.5 Å². The predicted octanol–water partition coefficient (Wildman–Crippen LogP) is 3.56. The molecule has 0 saturated carbocycles. The molecule has 0 bridgehead atoms. The summed E-state index contributed by atoms with van der Waals surface area (Å²) in [5.74, 6) is 0.831. The number of fused-ring (bicyclic) bond motifs is 1. The van der Waals surface area contributed by atoms with Crippen LogP contribution in [0.3, 0.4) is 0 Å². The Bertz CT molecular complexity index is 607. The third-order valence-corrected chi connectivity index (χ3v) is 3.30. The number of nitrogens with one attached hydrogen (secondary N) is 3. The lowest BCUT2D eigenvalue weighted by Crippen LogP contribution is -2.41. The molecule has 6 heteroatoms. The summed E-state index contributed by atoms with van der Waals surface area (Å²) < 4.78 is 0. The van der Waals surface area contributed by atoms with Gasteiger partial charge in [0.2, 0.25) is 0 Å². The highest BCUT2D eigenvalue weighted by molar-refractivity contribution is 14.0. The number of guanidine groups is 1. The molecule has 21 heavy (non-hydrogen) atoms. The van der Waals surface area contributed by atoms with Crippen LogP contribution in [0.4, 0.5) is 0 Å². The average molecular weight is 421 g/mol. The molecule has 1 heterocycles. The van der Waals surface area contributed by atoms with Crippen molar-refractivity contribution in [2.24, 2.45) is 4.99 Å². The van der Waals surface area contributed by atoms with Gasteiger partial charge >= 0.3 is 0 Å². The fourth-order valence-corrected chi connectivity index (χ4v) is 2.31. The van der Waals surface area contributed by atoms with E-state index in [4.69, 9.17) is 11.6 Å². The highest BCUT2D eigenvalue weighted by Crippen LogP contribution is 2.22. The minimum absolute atomic E-state index is 0. The van der Waals surface area contributed by atoms with Gasteiger partial charge in [-0.15, -0.1) is 24.0 Å². The Kier molecular flexibility index (Phi) is 7.31. The lowest BCUT2D eigenvalue weighted by Gasteiger charge is -2.14. The van der Waals surface area contributed by atoms with Gasteiger partial charge in [0, 0.05) is 41.8 Å². The maximum absolute atomic E-state index is 6.05. The van der Waals surface area contributed by atoms with Crippen LogP contribution < -0.4 is 10.6 Å². The van der Waals surface area contributed by atoms with E-state index in [1.54, 1.807) is 7.05 Å². The normalized spacial score (nSPS) is 11.6. The van der Waals surface area contributed by atoms with Crippen LogP contribution in [0.15, 0.2) is 29.4 Å². The second-order valence-electron chi connectivity index (χ2n) is 5.05. The second-order valence-corrected chi connectivity index (χ2v) is 5.49. The summed E-state index contributed by atoms with van der Waals surface area (Å²) in [6.07, 6.45) is 2.96. The second kappa shape index (κ2) is 8.48. The fourth-order valence-electron chi connectivity index (χ4n) is 2.14. The monoisotopic (exact) mass is 420 g/mol. The Hall–Kier alpha value is -0.950. The minimum atomic E-state index is 0. The molecular weight excluding hydrogens is 399 g/mol. The molecule has 3 N–H and O–H groups in total. The van der Waals surface area contributed by atoms with Gasteiger partial charge in [-0.2, -0.15) is 0 Å². The zero-order chi connectivity index (χ0) is 14.5. The summed E-state index contributed by atoms with van der Waals surface area (Å²) in [4.78, 5) is 7.46. The first-order chi connectivity index (χ1) is 9.60. The van der Waals surface area contributed by atoms with Gasteiger partial charge in [0.25, 0.3) is 0 Å². The van der Waals surface area contributed by atoms with Gasteiger partial charge in [-0.05, 0) is 44.0 Å². The van der Waals surface area contributed by atoms with Gasteiger partial charge in [-0.3, -0.25) is 4.99 Å². The van der Waals surface area contributed by atoms with E-state index in [0.29, 0.717) is 6.04 Å². The van der Waals surface area contributed by atoms with Gasteiger partial charge in [0.15, 0.2) is 5.96 Å². The maximum Gasteiger partial charge on any atom is 0.191 e. The van der Waals surface area contributed by atoms with E-state index in [-0.39, 0.29) is 24.0 Å². The van der Waals surface area contributed by atoms with E-state index >= 15 is 0 Å². The van der Waals surface area contributed by atoms with Crippen molar-refractivity contribution >= 4 is 52.4 Å². The van der Waals surface area contributed by atoms with Crippen molar-refractivity contribution in [3.05, 3.63) is 35.0 Å². The fraction of sp³-hybridized carbons (Fsp3) is 0.400. The van der Waals surface area contributed by atoms with E-state index in [2.05, 4.69) is 34.5 Å². The largest absolute Gasteiger partial charge is 0.361 e. The Morgan fingerprint density at radius 2 is 2.14 bits per heavy atom. The molecule has 0 spiro atoms. The first-order valence-electron chi connectivity index (χ1n) is 6.83. The van der Waals surface area contributed by atoms with Crippen LogP contribution in [-0.4, -0.2) is 30.6 Å². The van der Waals surface area contributed by atoms with Crippen LogP contribution in [0, 0.1) is 0 Å². The smallest absolute Gasteiger partial charge is 0.191 e. The lowest BCUT2D eigenvalue weighted by atomic mass is 10.1. The van der Waals surface area contributed by atoms with Gasteiger partial charge in [-0.25, -0.2) is 0 Å². The SMILES string of the molecule is CN=C(NCCc1c[nH]c2ccc(Cl)cc12)NC(C)C.I. The quantitative estimate of drug-likeness (QED) is 0.402. The van der Waals surface area contributed by atoms with Gasteiger partial charge in [-0.1, -0.05) is 11.6 Å². The third-order valence-electron chi connectivity index (χ3n) is 3.07. The minimum Gasteiger partial charge on any atom is -0.361 e. The van der Waals surface area contributed by atoms with Gasteiger partial charge in [0.1, 0.15) is 0 Å². The average Bonchev–Trinajstić information content (AvgIpc) is 2.79. The third kappa shape index (κ3) is 5.07. The standard InChI is InChI=1S/C15H21ClN4.HI/c1-10(2)20-15(17-3)18-7-6-11-9-19-14-5-4-12(16)8-13(11)14;/h4-5,8-10,19H,6-7H2,1-3H3,(H2,17,18,20);1H. The first kappa shape index (κ1) is 18.1. The van der Waals surface area contributed by atoms with Crippen molar-refractivity contribution in [1.29, 1.82) is 0 Å². The molecule has 0 aliphatic carbocycles. The summed E-state index contributed by atoms with van der Waals surface area (Å²) in [6.45, 7) is 5.01. The molecular formula is C15H22ClIN4. The lowest BCUT2D eigenvalue weighted by molar-refractivity contribution is 0.698. The number of hydrogen-bond donors (Lipinski definition) is 3. The number of aliphatic imine (C=N–C) groups is 1. The van der Waals surface area contributed by atoms with E-state index in [1.165, 1.54) is 10.9 Å². The number of nitrogens with zero attached hydrogens (tertiary/aromatic N) is 1. The molecule has 1 aromatic heterocycles. The molecule has 1 aromatic carbocycles. The summed E-state index contributed by atoms with van der Waals surface area (Å²) in [5, 5.41) is 8.53. The Morgan fingerprint density at radius 1 is 1.38 bits per heavy atom. The van der Waals surface area contributed by atoms with Crippen LogP contribution in [0.25, 0.3) is 10.9 Å². The van der Waals surface area contributed by atoms with E-state index < -0.39 is 0 Å². The first-order valence-corrected chi connectivity index (χ1v) is 7.20. The molecule has 0 amide bonds. The molecule has 0 saturated heterocycles. The number of benzene rings is 1. The number of halogens is 2. The number of aromatic nitrogens is 1. The molecule has 116 valence electrons. The summed E-state index contributed by atoms with van der Waals surface area (Å²) in [6, 6.07) is 6.28. The summed E-state index contributed by atoms with van der Waals surface area (Å²) in [5.41, 5.74) is 2.38. The zero-order valence-corrected chi connectivity index (χ0v) is 15.6. The maximum atomic E-state index is 6.05. The van der Waals surface area contributed by atoms with E-state index in [9.17, 15) is 0 Å². The topological polar surface area (TPSA) is 52.2 Å². The molecule has 4 nitrogen and oxygen atoms in total. The highest BCUT2D eigenvalue weighted by atomic mass is 127. The van der Waals surface area contributed by atoms with E-state index in [1.807, 2.05) is 24.4 Å². The number of aromatic amines is 1. The zero-order valence-electron chi connectivity index (χ0n) is 12.5. The molecule has 0 fully saturated rings. The highest BCUT2D eigenvalue weighted by Gasteiger charge is 2.05. The molecule has 0 aliphatic rings. The van der Waals surface area contributed by atoms with Gasteiger partial charge in [0.05, 0.1) is 0 Å². The molecule has 2 aromatic rings. The van der Waals surface area contributed by atoms with Crippen molar-refractivity contribution in [3.63, 3.8) is 0 Å². The van der Waals surface area contributed by atoms with Crippen molar-refractivity contribution in [2.45, 2.75) is 26.3 Å². The molecule has 0 radical (unpaired) electrons. The number of hydrogen-bond acceptors (Lipinski definition) is 1. The number of H-pyrrole nitrogens is 1. The van der Waals surface area contributed by atoms with Crippen molar-refractivity contribution < 1.29 is 0 Å². The number of rotatable bonds is 4. The van der Waals surface area contributed by atoms with Crippen LogP contribution in [0.1, 0.15) is 19.4 Å². The Labute approximate surface area is 147 Å². The predicted molar refractivity (Wildman–Crippen MR) is 102 cm³/mol. The molecule has 0 aliphatic heterocycles. The van der Waals surface area contributed by atoms with Crippen LogP contribution in [0.2, 0.25) is 5.02 Å². The van der Waals surface area contributed by atoms with Crippen molar-refractivity contribution in [2.75, 3.05) is 13.6 Å². The Balaban J connectivity index is 0.00000220. The molecule has 2 rings (SSSR count). The summed E-state index contributed by atoms with van der Waals surface area (Å²) >= 11 is 6.05. The van der Waals surface area contributed by atoms with Crippen LogP contribution in [-0.2, 0) is 6.42 Å². The molecule has 0 unspecified atom stereocenters. The summed E-state index contributed by atoms with van der Waals surface area (Å²) in [7, 11) is 1.78. The molecule has 0 atom stereocenters. The van der Waals surface area contributed by atoms with Crippen LogP contribution >= 0.6 is 35.6 Å². The van der Waals surface area contributed by atoms with Crippen molar-refractivity contribution in [3.8, 4) is 0 Å². The van der Waals surface area contributed by atoms with Gasteiger partial charge < -0.3 is 15.6 Å².